The van der Waals surface area contributed by atoms with Crippen molar-refractivity contribution in [2.75, 3.05) is 0 Å². The molecule has 2 aliphatic rings. The maximum Gasteiger partial charge on any atom is 0.331 e. The standard InChI is InChI=1S/C23H22N4O5S/c1-23(15-26-13-12-24-25-26)21(27-18(28)14-19(27)33(23,30)31)22(29)32-20(16-8-4-2-5-9-16)17-10-6-3-7-11-17/h2-13,19-21H,14-15H2,1H3/t19?,21?,23-/m0/s1. The van der Waals surface area contributed by atoms with E-state index in [1.165, 1.54) is 24.0 Å². The van der Waals surface area contributed by atoms with Crippen LogP contribution in [0, 0.1) is 0 Å². The average molecular weight is 467 g/mol. The van der Waals surface area contributed by atoms with Gasteiger partial charge >= 0.3 is 5.97 Å². The van der Waals surface area contributed by atoms with Crippen LogP contribution in [0.3, 0.4) is 0 Å². The lowest BCUT2D eigenvalue weighted by Crippen LogP contribution is -2.58. The van der Waals surface area contributed by atoms with Crippen molar-refractivity contribution in [2.45, 2.75) is 42.2 Å². The number of carbonyl (C=O) groups is 2. The molecule has 0 N–H and O–H groups in total. The molecule has 3 aromatic rings. The van der Waals surface area contributed by atoms with Crippen molar-refractivity contribution in [2.24, 2.45) is 0 Å². The number of esters is 1. The lowest BCUT2D eigenvalue weighted by molar-refractivity contribution is -0.164. The van der Waals surface area contributed by atoms with Crippen LogP contribution in [0.1, 0.15) is 30.6 Å². The summed E-state index contributed by atoms with van der Waals surface area (Å²) in [5.74, 6) is -1.15. The second kappa shape index (κ2) is 7.80. The van der Waals surface area contributed by atoms with Crippen LogP contribution >= 0.6 is 0 Å². The summed E-state index contributed by atoms with van der Waals surface area (Å²) in [6.07, 6.45) is 2.06. The summed E-state index contributed by atoms with van der Waals surface area (Å²) < 4.78 is 32.6. The zero-order chi connectivity index (χ0) is 23.2. The number of ether oxygens (including phenoxy) is 1. The predicted octanol–water partition coefficient (Wildman–Crippen LogP) is 1.72. The Morgan fingerprint density at radius 3 is 2.24 bits per heavy atom. The van der Waals surface area contributed by atoms with Gasteiger partial charge in [-0.05, 0) is 18.1 Å². The number of fused-ring (bicyclic) bond motifs is 1. The molecule has 5 rings (SSSR count). The van der Waals surface area contributed by atoms with Gasteiger partial charge in [0.05, 0.1) is 19.2 Å². The van der Waals surface area contributed by atoms with Gasteiger partial charge in [-0.3, -0.25) is 9.48 Å². The fourth-order valence-electron chi connectivity index (χ4n) is 4.67. The predicted molar refractivity (Wildman–Crippen MR) is 117 cm³/mol. The number of rotatable bonds is 6. The van der Waals surface area contributed by atoms with Crippen molar-refractivity contribution in [3.63, 3.8) is 0 Å². The minimum atomic E-state index is -3.88. The number of sulfone groups is 1. The van der Waals surface area contributed by atoms with Crippen LogP contribution in [-0.4, -0.2) is 56.4 Å². The maximum absolute atomic E-state index is 13.6. The molecule has 1 amide bonds. The Balaban J connectivity index is 1.54. The fraction of sp³-hybridized carbons (Fsp3) is 0.304. The number of benzene rings is 2. The first kappa shape index (κ1) is 21.3. The molecule has 0 saturated carbocycles. The summed E-state index contributed by atoms with van der Waals surface area (Å²) in [6, 6.07) is 17.1. The molecule has 2 aliphatic heterocycles. The maximum atomic E-state index is 13.6. The van der Waals surface area contributed by atoms with Crippen LogP contribution in [0.15, 0.2) is 73.1 Å². The molecule has 3 heterocycles. The zero-order valence-corrected chi connectivity index (χ0v) is 18.6. The van der Waals surface area contributed by atoms with Crippen molar-refractivity contribution >= 4 is 21.7 Å². The second-order valence-electron chi connectivity index (χ2n) is 8.46. The number of nitrogens with zero attached hydrogens (tertiary/aromatic N) is 4. The summed E-state index contributed by atoms with van der Waals surface area (Å²) in [5, 5.41) is 6.57. The molecule has 0 aliphatic carbocycles. The lowest BCUT2D eigenvalue weighted by atomic mass is 9.95. The molecule has 2 saturated heterocycles. The Labute approximate surface area is 190 Å². The van der Waals surface area contributed by atoms with Crippen LogP contribution in [-0.2, 0) is 30.7 Å². The first-order chi connectivity index (χ1) is 15.8. The Hall–Kier alpha value is -3.53. The molecule has 33 heavy (non-hydrogen) atoms. The first-order valence-corrected chi connectivity index (χ1v) is 12.1. The second-order valence-corrected chi connectivity index (χ2v) is 11.0. The summed E-state index contributed by atoms with van der Waals surface area (Å²) in [5.41, 5.74) is 1.48. The van der Waals surface area contributed by atoms with Crippen molar-refractivity contribution in [3.8, 4) is 0 Å². The van der Waals surface area contributed by atoms with E-state index in [4.69, 9.17) is 4.74 Å². The van der Waals surface area contributed by atoms with E-state index >= 15 is 0 Å². The molecular weight excluding hydrogens is 444 g/mol. The van der Waals surface area contributed by atoms with E-state index in [1.54, 1.807) is 0 Å². The van der Waals surface area contributed by atoms with E-state index in [1.807, 2.05) is 60.7 Å². The number of carbonyl (C=O) groups excluding carboxylic acids is 2. The third-order valence-corrected chi connectivity index (χ3v) is 9.18. The summed E-state index contributed by atoms with van der Waals surface area (Å²) in [7, 11) is -3.88. The van der Waals surface area contributed by atoms with Crippen molar-refractivity contribution < 1.29 is 22.7 Å². The number of amides is 1. The van der Waals surface area contributed by atoms with E-state index in [0.29, 0.717) is 0 Å². The van der Waals surface area contributed by atoms with Gasteiger partial charge in [0, 0.05) is 6.20 Å². The molecular formula is C23H22N4O5S. The Morgan fingerprint density at radius 2 is 1.73 bits per heavy atom. The molecule has 9 nitrogen and oxygen atoms in total. The van der Waals surface area contributed by atoms with Crippen LogP contribution < -0.4 is 0 Å². The molecule has 2 fully saturated rings. The highest BCUT2D eigenvalue weighted by Gasteiger charge is 2.70. The minimum absolute atomic E-state index is 0.128. The smallest absolute Gasteiger partial charge is 0.331 e. The fourth-order valence-corrected chi connectivity index (χ4v) is 7.03. The van der Waals surface area contributed by atoms with Gasteiger partial charge in [-0.1, -0.05) is 65.9 Å². The van der Waals surface area contributed by atoms with Gasteiger partial charge in [-0.25, -0.2) is 13.2 Å². The van der Waals surface area contributed by atoms with E-state index in [9.17, 15) is 18.0 Å². The molecule has 2 aromatic carbocycles. The van der Waals surface area contributed by atoms with E-state index < -0.39 is 38.1 Å². The largest absolute Gasteiger partial charge is 0.451 e. The average Bonchev–Trinajstić information content (AvgIpc) is 3.36. The lowest BCUT2D eigenvalue weighted by Gasteiger charge is -2.37. The molecule has 0 spiro atoms. The van der Waals surface area contributed by atoms with Crippen LogP contribution in [0.25, 0.3) is 0 Å². The van der Waals surface area contributed by atoms with E-state index in [2.05, 4.69) is 10.3 Å². The molecule has 1 aromatic heterocycles. The third-order valence-electron chi connectivity index (χ3n) is 6.42. The molecule has 0 radical (unpaired) electrons. The monoisotopic (exact) mass is 466 g/mol. The highest BCUT2D eigenvalue weighted by molar-refractivity contribution is 7.93. The molecule has 10 heteroatoms. The van der Waals surface area contributed by atoms with Crippen LogP contribution in [0.5, 0.6) is 0 Å². The quantitative estimate of drug-likeness (QED) is 0.402. The minimum Gasteiger partial charge on any atom is -0.451 e. The Bertz CT molecular complexity index is 1240. The number of hydrogen-bond acceptors (Lipinski definition) is 7. The van der Waals surface area contributed by atoms with Gasteiger partial charge in [-0.2, -0.15) is 0 Å². The molecule has 3 atom stereocenters. The number of hydrogen-bond donors (Lipinski definition) is 0. The van der Waals surface area contributed by atoms with E-state index in [-0.39, 0.29) is 18.9 Å². The Kier molecular flexibility index (Phi) is 5.04. The van der Waals surface area contributed by atoms with Crippen molar-refractivity contribution in [1.29, 1.82) is 0 Å². The van der Waals surface area contributed by atoms with Crippen molar-refractivity contribution in [3.05, 3.63) is 84.2 Å². The topological polar surface area (TPSA) is 111 Å². The van der Waals surface area contributed by atoms with Crippen LogP contribution in [0.4, 0.5) is 0 Å². The molecule has 2 unspecified atom stereocenters. The van der Waals surface area contributed by atoms with Gasteiger partial charge in [0.25, 0.3) is 0 Å². The summed E-state index contributed by atoms with van der Waals surface area (Å²) in [4.78, 5) is 27.2. The first-order valence-electron chi connectivity index (χ1n) is 10.5. The highest BCUT2D eigenvalue weighted by atomic mass is 32.2. The zero-order valence-electron chi connectivity index (χ0n) is 17.8. The molecule has 170 valence electrons. The SMILES string of the molecule is C[C@]1(Cn2ccnn2)C(C(=O)OC(c2ccccc2)c2ccccc2)N2C(=O)CC2S1(=O)=O. The van der Waals surface area contributed by atoms with E-state index in [0.717, 1.165) is 16.0 Å². The van der Waals surface area contributed by atoms with Gasteiger partial charge in [0.1, 0.15) is 10.1 Å². The van der Waals surface area contributed by atoms with Gasteiger partial charge in [0.2, 0.25) is 5.91 Å². The van der Waals surface area contributed by atoms with Gasteiger partial charge in [0.15, 0.2) is 22.0 Å². The Morgan fingerprint density at radius 1 is 1.12 bits per heavy atom. The highest BCUT2D eigenvalue weighted by Crippen LogP contribution is 2.47. The summed E-state index contributed by atoms with van der Waals surface area (Å²) in [6.45, 7) is 1.35. The van der Waals surface area contributed by atoms with Gasteiger partial charge < -0.3 is 9.64 Å². The van der Waals surface area contributed by atoms with Crippen LogP contribution in [0.2, 0.25) is 0 Å². The number of β-lactam (4-membered cyclic amide) rings is 1. The normalized spacial score (nSPS) is 25.5. The number of aromatic nitrogens is 3. The third kappa shape index (κ3) is 3.32. The summed E-state index contributed by atoms with van der Waals surface area (Å²) >= 11 is 0. The van der Waals surface area contributed by atoms with Crippen molar-refractivity contribution in [1.82, 2.24) is 19.9 Å². The van der Waals surface area contributed by atoms with Gasteiger partial charge in [-0.15, -0.1) is 5.10 Å². The molecule has 0 bridgehead atoms.